The highest BCUT2D eigenvalue weighted by molar-refractivity contribution is 5.97. The second-order valence-corrected chi connectivity index (χ2v) is 7.22. The van der Waals surface area contributed by atoms with E-state index in [2.05, 4.69) is 19.2 Å². The first kappa shape index (κ1) is 22.1. The average molecular weight is 397 g/mol. The van der Waals surface area contributed by atoms with Crippen LogP contribution in [0.15, 0.2) is 42.5 Å². The molecule has 1 N–H and O–H groups in total. The van der Waals surface area contributed by atoms with Crippen molar-refractivity contribution in [3.05, 3.63) is 59.2 Å². The van der Waals surface area contributed by atoms with Gasteiger partial charge in [-0.3, -0.25) is 9.59 Å². The monoisotopic (exact) mass is 397 g/mol. The van der Waals surface area contributed by atoms with Crippen LogP contribution in [0.25, 0.3) is 0 Å². The molecule has 1 atom stereocenters. The summed E-state index contributed by atoms with van der Waals surface area (Å²) in [6.45, 7) is 8.73. The highest BCUT2D eigenvalue weighted by Gasteiger charge is 2.19. The molecule has 0 radical (unpaired) electrons. The SMILES string of the molecule is CC(=O)c1ccc(NC(=O)C(C)OC(=O)COc2cc(C(C)C)ccc2C)cc1. The van der Waals surface area contributed by atoms with Crippen LogP contribution in [0.3, 0.4) is 0 Å². The van der Waals surface area contributed by atoms with E-state index < -0.39 is 18.0 Å². The molecule has 6 heteroatoms. The molecule has 0 heterocycles. The second-order valence-electron chi connectivity index (χ2n) is 7.22. The number of anilines is 1. The molecule has 1 amide bonds. The van der Waals surface area contributed by atoms with Gasteiger partial charge in [0.05, 0.1) is 0 Å². The van der Waals surface area contributed by atoms with E-state index in [1.165, 1.54) is 13.8 Å². The lowest BCUT2D eigenvalue weighted by molar-refractivity contribution is -0.155. The van der Waals surface area contributed by atoms with Gasteiger partial charge in [0.15, 0.2) is 18.5 Å². The van der Waals surface area contributed by atoms with Crippen LogP contribution in [-0.4, -0.2) is 30.4 Å². The number of esters is 1. The minimum Gasteiger partial charge on any atom is -0.482 e. The molecule has 29 heavy (non-hydrogen) atoms. The summed E-state index contributed by atoms with van der Waals surface area (Å²) in [6.07, 6.45) is -0.985. The Balaban J connectivity index is 1.87. The van der Waals surface area contributed by atoms with Crippen LogP contribution in [0.1, 0.15) is 55.1 Å². The Hall–Kier alpha value is -3.15. The predicted octanol–water partition coefficient (Wildman–Crippen LogP) is 4.27. The number of amides is 1. The van der Waals surface area contributed by atoms with E-state index in [0.29, 0.717) is 22.9 Å². The summed E-state index contributed by atoms with van der Waals surface area (Å²) >= 11 is 0. The molecule has 0 aliphatic heterocycles. The average Bonchev–Trinajstić information content (AvgIpc) is 2.67. The van der Waals surface area contributed by atoms with Crippen molar-refractivity contribution in [3.8, 4) is 5.75 Å². The van der Waals surface area contributed by atoms with Crippen molar-refractivity contribution in [2.75, 3.05) is 11.9 Å². The molecule has 0 saturated carbocycles. The Morgan fingerprint density at radius 3 is 2.24 bits per heavy atom. The van der Waals surface area contributed by atoms with Crippen molar-refractivity contribution >= 4 is 23.3 Å². The molecule has 6 nitrogen and oxygen atoms in total. The summed E-state index contributed by atoms with van der Waals surface area (Å²) in [7, 11) is 0. The van der Waals surface area contributed by atoms with Gasteiger partial charge < -0.3 is 14.8 Å². The first-order chi connectivity index (χ1) is 13.7. The summed E-state index contributed by atoms with van der Waals surface area (Å²) in [4.78, 5) is 35.6. The molecule has 2 aromatic rings. The van der Waals surface area contributed by atoms with Gasteiger partial charge in [-0.2, -0.15) is 0 Å². The van der Waals surface area contributed by atoms with E-state index >= 15 is 0 Å². The Bertz CT molecular complexity index is 887. The Labute approximate surface area is 171 Å². The van der Waals surface area contributed by atoms with E-state index in [-0.39, 0.29) is 12.4 Å². The normalized spacial score (nSPS) is 11.7. The third kappa shape index (κ3) is 6.45. The van der Waals surface area contributed by atoms with Gasteiger partial charge >= 0.3 is 5.97 Å². The van der Waals surface area contributed by atoms with Gasteiger partial charge in [-0.15, -0.1) is 0 Å². The van der Waals surface area contributed by atoms with Gasteiger partial charge in [-0.25, -0.2) is 4.79 Å². The molecule has 2 rings (SSSR count). The number of hydrogen-bond acceptors (Lipinski definition) is 5. The minimum atomic E-state index is -0.985. The Morgan fingerprint density at radius 1 is 1.00 bits per heavy atom. The maximum Gasteiger partial charge on any atom is 0.344 e. The largest absolute Gasteiger partial charge is 0.482 e. The van der Waals surface area contributed by atoms with Gasteiger partial charge in [0, 0.05) is 11.3 Å². The number of ether oxygens (including phenoxy) is 2. The molecule has 154 valence electrons. The molecular formula is C23H27NO5. The molecule has 0 spiro atoms. The summed E-state index contributed by atoms with van der Waals surface area (Å²) in [6, 6.07) is 12.4. The molecule has 0 aromatic heterocycles. The molecule has 1 unspecified atom stereocenters. The number of hydrogen-bond donors (Lipinski definition) is 1. The maximum absolute atomic E-state index is 12.2. The lowest BCUT2D eigenvalue weighted by Gasteiger charge is -2.15. The van der Waals surface area contributed by atoms with Crippen LogP contribution in [0.4, 0.5) is 5.69 Å². The molecule has 2 aromatic carbocycles. The number of rotatable bonds is 8. The van der Waals surface area contributed by atoms with E-state index in [9.17, 15) is 14.4 Å². The minimum absolute atomic E-state index is 0.0562. The van der Waals surface area contributed by atoms with Crippen LogP contribution in [0, 0.1) is 6.92 Å². The number of benzene rings is 2. The highest BCUT2D eigenvalue weighted by atomic mass is 16.6. The van der Waals surface area contributed by atoms with E-state index in [1.54, 1.807) is 24.3 Å². The lowest BCUT2D eigenvalue weighted by Crippen LogP contribution is -2.31. The zero-order chi connectivity index (χ0) is 21.6. The van der Waals surface area contributed by atoms with E-state index in [4.69, 9.17) is 9.47 Å². The van der Waals surface area contributed by atoms with Gasteiger partial charge in [-0.1, -0.05) is 26.0 Å². The van der Waals surface area contributed by atoms with Crippen LogP contribution >= 0.6 is 0 Å². The van der Waals surface area contributed by atoms with E-state index in [0.717, 1.165) is 11.1 Å². The number of Topliss-reactive ketones (excluding diaryl/α,β-unsaturated/α-hetero) is 1. The number of carbonyl (C=O) groups is 3. The van der Waals surface area contributed by atoms with Gasteiger partial charge in [0.2, 0.25) is 0 Å². The van der Waals surface area contributed by atoms with Crippen LogP contribution in [0.5, 0.6) is 5.75 Å². The number of nitrogens with one attached hydrogen (secondary N) is 1. The van der Waals surface area contributed by atoms with Crippen molar-refractivity contribution in [1.82, 2.24) is 0 Å². The van der Waals surface area contributed by atoms with Crippen LogP contribution in [0.2, 0.25) is 0 Å². The molecule has 0 aliphatic rings. The predicted molar refractivity (Wildman–Crippen MR) is 111 cm³/mol. The maximum atomic E-state index is 12.2. The fraction of sp³-hybridized carbons (Fsp3) is 0.348. The zero-order valence-electron chi connectivity index (χ0n) is 17.4. The lowest BCUT2D eigenvalue weighted by atomic mass is 10.0. The van der Waals surface area contributed by atoms with Crippen LogP contribution in [-0.2, 0) is 14.3 Å². The topological polar surface area (TPSA) is 81.7 Å². The van der Waals surface area contributed by atoms with Gasteiger partial charge in [0.25, 0.3) is 5.91 Å². The van der Waals surface area contributed by atoms with Crippen LogP contribution < -0.4 is 10.1 Å². The molecular weight excluding hydrogens is 370 g/mol. The molecule has 0 fully saturated rings. The van der Waals surface area contributed by atoms with E-state index in [1.807, 2.05) is 25.1 Å². The Kier molecular flexibility index (Phi) is 7.53. The number of carbonyl (C=O) groups excluding carboxylic acids is 3. The fourth-order valence-corrected chi connectivity index (χ4v) is 2.58. The quantitative estimate of drug-likeness (QED) is 0.531. The first-order valence-electron chi connectivity index (χ1n) is 9.52. The second kappa shape index (κ2) is 9.87. The fourth-order valence-electron chi connectivity index (χ4n) is 2.58. The van der Waals surface area contributed by atoms with Crippen molar-refractivity contribution < 1.29 is 23.9 Å². The third-order valence-electron chi connectivity index (χ3n) is 4.46. The smallest absolute Gasteiger partial charge is 0.344 e. The summed E-state index contributed by atoms with van der Waals surface area (Å²) < 4.78 is 10.7. The summed E-state index contributed by atoms with van der Waals surface area (Å²) in [5, 5.41) is 2.65. The summed E-state index contributed by atoms with van der Waals surface area (Å²) in [5.74, 6) is -0.186. The molecule has 0 aliphatic carbocycles. The highest BCUT2D eigenvalue weighted by Crippen LogP contribution is 2.24. The zero-order valence-corrected chi connectivity index (χ0v) is 17.4. The first-order valence-corrected chi connectivity index (χ1v) is 9.52. The van der Waals surface area contributed by atoms with Gasteiger partial charge in [-0.05, 0) is 68.1 Å². The van der Waals surface area contributed by atoms with Crippen molar-refractivity contribution in [1.29, 1.82) is 0 Å². The molecule has 0 saturated heterocycles. The third-order valence-corrected chi connectivity index (χ3v) is 4.46. The number of ketones is 1. The van der Waals surface area contributed by atoms with Crippen molar-refractivity contribution in [3.63, 3.8) is 0 Å². The standard InChI is InChI=1S/C23H27NO5/c1-14(2)19-7-6-15(3)21(12-19)28-13-22(26)29-17(5)23(27)24-20-10-8-18(9-11-20)16(4)25/h6-12,14,17H,13H2,1-5H3,(H,24,27). The number of aryl methyl sites for hydroxylation is 1. The van der Waals surface area contributed by atoms with Gasteiger partial charge in [0.1, 0.15) is 5.75 Å². The summed E-state index contributed by atoms with van der Waals surface area (Å²) in [5.41, 5.74) is 3.10. The Morgan fingerprint density at radius 2 is 1.66 bits per heavy atom. The molecule has 0 bridgehead atoms. The van der Waals surface area contributed by atoms with Crippen molar-refractivity contribution in [2.45, 2.75) is 46.6 Å². The van der Waals surface area contributed by atoms with Crippen molar-refractivity contribution in [2.24, 2.45) is 0 Å².